The zero-order chi connectivity index (χ0) is 20.7. The molecule has 2 aromatic carbocycles. The van der Waals surface area contributed by atoms with Crippen molar-refractivity contribution in [2.75, 3.05) is 19.7 Å². The Hall–Kier alpha value is -2.09. The molecule has 0 radical (unpaired) electrons. The third kappa shape index (κ3) is 5.72. The lowest BCUT2D eigenvalue weighted by Crippen LogP contribution is -2.49. The lowest BCUT2D eigenvalue weighted by molar-refractivity contribution is -0.124. The lowest BCUT2D eigenvalue weighted by atomic mass is 10.1. The largest absolute Gasteiger partial charge is 0.494 e. The summed E-state index contributed by atoms with van der Waals surface area (Å²) in [5.41, 5.74) is 0. The Bertz CT molecular complexity index is 904. The van der Waals surface area contributed by atoms with E-state index in [9.17, 15) is 13.2 Å². The molecular formula is C21H25ClN2O4S. The Labute approximate surface area is 176 Å². The lowest BCUT2D eigenvalue weighted by Gasteiger charge is -2.29. The van der Waals surface area contributed by atoms with E-state index in [1.165, 1.54) is 28.6 Å². The van der Waals surface area contributed by atoms with Crippen molar-refractivity contribution in [1.82, 2.24) is 9.62 Å². The summed E-state index contributed by atoms with van der Waals surface area (Å²) >= 11 is 5.91. The van der Waals surface area contributed by atoms with Crippen LogP contribution >= 0.6 is 11.6 Å². The molecule has 1 fully saturated rings. The summed E-state index contributed by atoms with van der Waals surface area (Å²) in [6.07, 6.45) is 2.59. The fourth-order valence-corrected chi connectivity index (χ4v) is 5.09. The average Bonchev–Trinajstić information content (AvgIpc) is 2.93. The summed E-state index contributed by atoms with van der Waals surface area (Å²) in [6, 6.07) is 14.6. The molecule has 0 bridgehead atoms. The van der Waals surface area contributed by atoms with Crippen LogP contribution in [0.2, 0.25) is 5.02 Å². The predicted octanol–water partition coefficient (Wildman–Crippen LogP) is 3.47. The molecule has 8 heteroatoms. The number of amides is 1. The van der Waals surface area contributed by atoms with E-state index in [-0.39, 0.29) is 17.3 Å². The summed E-state index contributed by atoms with van der Waals surface area (Å²) in [6.45, 7) is 1.11. The highest BCUT2D eigenvalue weighted by Gasteiger charge is 2.36. The minimum Gasteiger partial charge on any atom is -0.494 e. The molecule has 1 aliphatic rings. The normalized spacial score (nSPS) is 17.6. The highest BCUT2D eigenvalue weighted by atomic mass is 35.5. The highest BCUT2D eigenvalue weighted by molar-refractivity contribution is 7.89. The number of hydrogen-bond donors (Lipinski definition) is 1. The quantitative estimate of drug-likeness (QED) is 0.643. The van der Waals surface area contributed by atoms with Crippen molar-refractivity contribution in [2.45, 2.75) is 36.6 Å². The van der Waals surface area contributed by atoms with Crippen LogP contribution in [0.1, 0.15) is 25.7 Å². The van der Waals surface area contributed by atoms with Gasteiger partial charge in [-0.05, 0) is 62.1 Å². The number of hydrogen-bond acceptors (Lipinski definition) is 4. The van der Waals surface area contributed by atoms with Gasteiger partial charge in [-0.2, -0.15) is 4.31 Å². The average molecular weight is 437 g/mol. The summed E-state index contributed by atoms with van der Waals surface area (Å²) in [4.78, 5) is 12.7. The maximum Gasteiger partial charge on any atom is 0.243 e. The van der Waals surface area contributed by atoms with Gasteiger partial charge in [0, 0.05) is 18.1 Å². The first kappa shape index (κ1) is 21.6. The number of nitrogens with one attached hydrogen (secondary N) is 1. The molecule has 156 valence electrons. The highest BCUT2D eigenvalue weighted by Crippen LogP contribution is 2.24. The van der Waals surface area contributed by atoms with Crippen LogP contribution in [-0.2, 0) is 14.8 Å². The molecule has 0 aliphatic carbocycles. The fraction of sp³-hybridized carbons (Fsp3) is 0.381. The molecule has 1 aliphatic heterocycles. The SMILES string of the molecule is O=C1NCCCC[C@H]1N(CCCOc1ccccc1)S(=O)(=O)c1ccc(Cl)cc1. The minimum atomic E-state index is -3.85. The Morgan fingerprint density at radius 1 is 1.07 bits per heavy atom. The van der Waals surface area contributed by atoms with Crippen LogP contribution in [0.3, 0.4) is 0 Å². The van der Waals surface area contributed by atoms with Crippen molar-refractivity contribution in [2.24, 2.45) is 0 Å². The number of ether oxygens (including phenoxy) is 1. The van der Waals surface area contributed by atoms with E-state index >= 15 is 0 Å². The van der Waals surface area contributed by atoms with Crippen molar-refractivity contribution in [3.8, 4) is 5.75 Å². The van der Waals surface area contributed by atoms with Crippen molar-refractivity contribution in [1.29, 1.82) is 0 Å². The summed E-state index contributed by atoms with van der Waals surface area (Å²) in [5, 5.41) is 3.28. The maximum absolute atomic E-state index is 13.3. The van der Waals surface area contributed by atoms with Crippen LogP contribution in [0.4, 0.5) is 0 Å². The van der Waals surface area contributed by atoms with Crippen molar-refractivity contribution in [3.63, 3.8) is 0 Å². The van der Waals surface area contributed by atoms with Crippen LogP contribution in [0.5, 0.6) is 5.75 Å². The second-order valence-corrected chi connectivity index (χ2v) is 9.21. The molecule has 0 spiro atoms. The standard InChI is InChI=1S/C21H25ClN2O4S/c22-17-10-12-19(13-11-17)29(26,27)24(20-9-4-5-14-23-21(20)25)15-6-16-28-18-7-2-1-3-8-18/h1-3,7-8,10-13,20H,4-6,9,14-16H2,(H,23,25)/t20-/m1/s1. The number of carbonyl (C=O) groups excluding carboxylic acids is 1. The molecule has 1 saturated heterocycles. The van der Waals surface area contributed by atoms with Crippen molar-refractivity contribution < 1.29 is 17.9 Å². The van der Waals surface area contributed by atoms with E-state index in [4.69, 9.17) is 16.3 Å². The Kier molecular flexibility index (Phi) is 7.52. The first-order valence-corrected chi connectivity index (χ1v) is 11.5. The van der Waals surface area contributed by atoms with Gasteiger partial charge >= 0.3 is 0 Å². The molecule has 0 unspecified atom stereocenters. The predicted molar refractivity (Wildman–Crippen MR) is 113 cm³/mol. The first-order chi connectivity index (χ1) is 14.0. The number of benzene rings is 2. The second-order valence-electron chi connectivity index (χ2n) is 6.89. The van der Waals surface area contributed by atoms with E-state index in [0.29, 0.717) is 31.0 Å². The molecule has 6 nitrogen and oxygen atoms in total. The van der Waals surface area contributed by atoms with Gasteiger partial charge in [0.15, 0.2) is 0 Å². The van der Waals surface area contributed by atoms with E-state index < -0.39 is 16.1 Å². The zero-order valence-electron chi connectivity index (χ0n) is 16.1. The molecule has 1 amide bonds. The first-order valence-electron chi connectivity index (χ1n) is 9.71. The number of nitrogens with zero attached hydrogens (tertiary/aromatic N) is 1. The number of halogens is 1. The van der Waals surface area contributed by atoms with Gasteiger partial charge in [-0.1, -0.05) is 29.8 Å². The van der Waals surface area contributed by atoms with Crippen LogP contribution < -0.4 is 10.1 Å². The summed E-state index contributed by atoms with van der Waals surface area (Å²) < 4.78 is 33.7. The van der Waals surface area contributed by atoms with Crippen LogP contribution in [0.25, 0.3) is 0 Å². The Morgan fingerprint density at radius 2 is 1.79 bits per heavy atom. The van der Waals surface area contributed by atoms with E-state index in [2.05, 4.69) is 5.32 Å². The van der Waals surface area contributed by atoms with Gasteiger partial charge < -0.3 is 10.1 Å². The molecule has 0 aromatic heterocycles. The van der Waals surface area contributed by atoms with E-state index in [0.717, 1.165) is 18.6 Å². The molecule has 1 heterocycles. The van der Waals surface area contributed by atoms with Gasteiger partial charge in [-0.25, -0.2) is 8.42 Å². The molecule has 1 N–H and O–H groups in total. The number of sulfonamides is 1. The van der Waals surface area contributed by atoms with Gasteiger partial charge in [0.1, 0.15) is 11.8 Å². The van der Waals surface area contributed by atoms with Gasteiger partial charge in [-0.3, -0.25) is 4.79 Å². The minimum absolute atomic E-state index is 0.128. The summed E-state index contributed by atoms with van der Waals surface area (Å²) in [5.74, 6) is 0.482. The zero-order valence-corrected chi connectivity index (χ0v) is 17.7. The van der Waals surface area contributed by atoms with Crippen LogP contribution in [0.15, 0.2) is 59.5 Å². The second kappa shape index (κ2) is 10.1. The third-order valence-corrected chi connectivity index (χ3v) is 6.98. The van der Waals surface area contributed by atoms with Crippen LogP contribution in [0, 0.1) is 0 Å². The van der Waals surface area contributed by atoms with E-state index in [1.807, 2.05) is 30.3 Å². The molecule has 0 saturated carbocycles. The molecule has 29 heavy (non-hydrogen) atoms. The molecule has 1 atom stereocenters. The fourth-order valence-electron chi connectivity index (χ4n) is 3.31. The van der Waals surface area contributed by atoms with Gasteiger partial charge in [0.05, 0.1) is 11.5 Å². The van der Waals surface area contributed by atoms with Gasteiger partial charge in [0.2, 0.25) is 15.9 Å². The molecule has 2 aromatic rings. The van der Waals surface area contributed by atoms with Crippen molar-refractivity contribution in [3.05, 3.63) is 59.6 Å². The van der Waals surface area contributed by atoms with E-state index in [1.54, 1.807) is 0 Å². The van der Waals surface area contributed by atoms with Crippen LogP contribution in [-0.4, -0.2) is 44.4 Å². The molecular weight excluding hydrogens is 412 g/mol. The monoisotopic (exact) mass is 436 g/mol. The smallest absolute Gasteiger partial charge is 0.243 e. The Morgan fingerprint density at radius 3 is 2.52 bits per heavy atom. The summed E-state index contributed by atoms with van der Waals surface area (Å²) in [7, 11) is -3.85. The maximum atomic E-state index is 13.3. The van der Waals surface area contributed by atoms with Gasteiger partial charge in [0.25, 0.3) is 0 Å². The number of carbonyl (C=O) groups is 1. The van der Waals surface area contributed by atoms with Gasteiger partial charge in [-0.15, -0.1) is 0 Å². The van der Waals surface area contributed by atoms with Crippen molar-refractivity contribution >= 4 is 27.5 Å². The molecule has 3 rings (SSSR count). The number of rotatable bonds is 8. The number of para-hydroxylation sites is 1. The third-order valence-electron chi connectivity index (χ3n) is 4.81. The Balaban J connectivity index is 1.77. The topological polar surface area (TPSA) is 75.7 Å².